The maximum atomic E-state index is 12.9. The molecule has 0 unspecified atom stereocenters. The highest BCUT2D eigenvalue weighted by Crippen LogP contribution is 2.24. The summed E-state index contributed by atoms with van der Waals surface area (Å²) < 4.78 is 40.2. The molecule has 3 N–H and O–H groups in total. The van der Waals surface area contributed by atoms with Gasteiger partial charge in [-0.05, 0) is 48.9 Å². The van der Waals surface area contributed by atoms with Crippen LogP contribution in [0.1, 0.15) is 11.3 Å². The van der Waals surface area contributed by atoms with Crippen molar-refractivity contribution in [3.63, 3.8) is 0 Å². The van der Waals surface area contributed by atoms with Gasteiger partial charge in [-0.2, -0.15) is 0 Å². The van der Waals surface area contributed by atoms with Gasteiger partial charge in [-0.3, -0.25) is 14.5 Å². The summed E-state index contributed by atoms with van der Waals surface area (Å²) in [4.78, 5) is 27.6. The van der Waals surface area contributed by atoms with Gasteiger partial charge >= 0.3 is 5.69 Å². The van der Waals surface area contributed by atoms with Gasteiger partial charge in [0, 0.05) is 22.0 Å². The van der Waals surface area contributed by atoms with E-state index >= 15 is 0 Å². The maximum absolute atomic E-state index is 12.9. The number of anilines is 1. The Morgan fingerprint density at radius 3 is 2.25 bits per heavy atom. The summed E-state index contributed by atoms with van der Waals surface area (Å²) in [5.41, 5.74) is -0.588. The minimum Gasteiger partial charge on any atom is -0.310 e. The van der Waals surface area contributed by atoms with Crippen LogP contribution in [0, 0.1) is 12.7 Å². The molecule has 0 aliphatic rings. The predicted octanol–water partition coefficient (Wildman–Crippen LogP) is 2.60. The Labute approximate surface area is 164 Å². The van der Waals surface area contributed by atoms with Gasteiger partial charge in [-0.15, -0.1) is 11.8 Å². The number of nitrogens with one attached hydrogen (secondary N) is 3. The highest BCUT2D eigenvalue weighted by Gasteiger charge is 2.22. The molecule has 3 aromatic rings. The molecule has 0 saturated carbocycles. The zero-order valence-corrected chi connectivity index (χ0v) is 16.3. The monoisotopic (exact) mass is 421 g/mol. The van der Waals surface area contributed by atoms with Crippen molar-refractivity contribution in [3.05, 3.63) is 86.4 Å². The van der Waals surface area contributed by atoms with Gasteiger partial charge < -0.3 is 4.98 Å². The third-order valence-electron chi connectivity index (χ3n) is 3.77. The summed E-state index contributed by atoms with van der Waals surface area (Å²) >= 11 is 1.52. The number of rotatable bonds is 6. The first kappa shape index (κ1) is 19.9. The number of thioether (sulfide) groups is 1. The summed E-state index contributed by atoms with van der Waals surface area (Å²) in [6.45, 7) is 1.33. The van der Waals surface area contributed by atoms with E-state index in [2.05, 4.69) is 9.71 Å². The molecule has 0 aliphatic carbocycles. The standard InChI is InChI=1S/C18H16FN3O4S2/c1-11-16(17(23)21-18(24)20-11)28(25,26)22-14-6-2-12(3-7-14)10-27-15-8-4-13(19)5-9-15/h2-9,22H,10H2,1H3,(H2,20,21,23,24). The molecule has 1 heterocycles. The number of sulfonamides is 1. The Kier molecular flexibility index (Phi) is 5.71. The van der Waals surface area contributed by atoms with Crippen LogP contribution in [0.4, 0.5) is 10.1 Å². The largest absolute Gasteiger partial charge is 0.325 e. The number of hydrogen-bond acceptors (Lipinski definition) is 5. The molecule has 2 aromatic carbocycles. The summed E-state index contributed by atoms with van der Waals surface area (Å²) in [5, 5.41) is 0. The van der Waals surface area contributed by atoms with Crippen molar-refractivity contribution < 1.29 is 12.8 Å². The van der Waals surface area contributed by atoms with Crippen LogP contribution in [-0.4, -0.2) is 18.4 Å². The zero-order chi connectivity index (χ0) is 20.3. The van der Waals surface area contributed by atoms with Gasteiger partial charge in [0.25, 0.3) is 15.6 Å². The Balaban J connectivity index is 1.72. The highest BCUT2D eigenvalue weighted by molar-refractivity contribution is 7.98. The third-order valence-corrected chi connectivity index (χ3v) is 6.39. The number of aromatic nitrogens is 2. The van der Waals surface area contributed by atoms with Crippen LogP contribution in [-0.2, 0) is 15.8 Å². The molecule has 146 valence electrons. The zero-order valence-electron chi connectivity index (χ0n) is 14.7. The molecule has 0 amide bonds. The van der Waals surface area contributed by atoms with Crippen molar-refractivity contribution in [2.24, 2.45) is 0 Å². The van der Waals surface area contributed by atoms with Gasteiger partial charge in [-0.25, -0.2) is 17.6 Å². The van der Waals surface area contributed by atoms with Crippen molar-refractivity contribution in [1.82, 2.24) is 9.97 Å². The Bertz CT molecular complexity index is 1200. The second kappa shape index (κ2) is 8.03. The third kappa shape index (κ3) is 4.70. The van der Waals surface area contributed by atoms with Crippen LogP contribution in [0.2, 0.25) is 0 Å². The molecule has 3 rings (SSSR count). The first-order valence-corrected chi connectivity index (χ1v) is 10.5. The normalized spacial score (nSPS) is 11.4. The number of benzene rings is 2. The van der Waals surface area contributed by atoms with Crippen molar-refractivity contribution in [1.29, 1.82) is 0 Å². The average Bonchev–Trinajstić information content (AvgIpc) is 2.61. The van der Waals surface area contributed by atoms with Crippen LogP contribution in [0.15, 0.2) is 67.9 Å². The number of aryl methyl sites for hydroxylation is 1. The minimum atomic E-state index is -4.17. The van der Waals surface area contributed by atoms with Crippen molar-refractivity contribution in [3.8, 4) is 0 Å². The summed E-state index contributed by atoms with van der Waals surface area (Å²) in [6.07, 6.45) is 0. The van der Waals surface area contributed by atoms with Crippen LogP contribution in [0.25, 0.3) is 0 Å². The van der Waals surface area contributed by atoms with Crippen molar-refractivity contribution in [2.45, 2.75) is 22.5 Å². The van der Waals surface area contributed by atoms with E-state index in [1.54, 1.807) is 36.4 Å². The Morgan fingerprint density at radius 1 is 1.00 bits per heavy atom. The Hall–Kier alpha value is -2.85. The van der Waals surface area contributed by atoms with E-state index in [4.69, 9.17) is 0 Å². The van der Waals surface area contributed by atoms with Crippen LogP contribution in [0.3, 0.4) is 0 Å². The average molecular weight is 421 g/mol. The van der Waals surface area contributed by atoms with Gasteiger partial charge in [0.1, 0.15) is 5.82 Å². The van der Waals surface area contributed by atoms with E-state index in [0.29, 0.717) is 5.75 Å². The lowest BCUT2D eigenvalue weighted by Crippen LogP contribution is -2.31. The van der Waals surface area contributed by atoms with E-state index in [0.717, 1.165) is 10.5 Å². The molecule has 0 fully saturated rings. The lowest BCUT2D eigenvalue weighted by Gasteiger charge is -2.10. The van der Waals surface area contributed by atoms with Crippen LogP contribution in [0.5, 0.6) is 0 Å². The molecule has 0 saturated heterocycles. The summed E-state index contributed by atoms with van der Waals surface area (Å²) in [6, 6.07) is 12.8. The molecular formula is C18H16FN3O4S2. The highest BCUT2D eigenvalue weighted by atomic mass is 32.2. The fourth-order valence-corrected chi connectivity index (χ4v) is 4.64. The van der Waals surface area contributed by atoms with E-state index in [9.17, 15) is 22.4 Å². The van der Waals surface area contributed by atoms with E-state index in [1.807, 2.05) is 4.98 Å². The predicted molar refractivity (Wildman–Crippen MR) is 106 cm³/mol. The van der Waals surface area contributed by atoms with E-state index in [-0.39, 0.29) is 17.2 Å². The molecule has 0 spiro atoms. The second-order valence-corrected chi connectivity index (χ2v) is 8.58. The molecule has 7 nitrogen and oxygen atoms in total. The molecule has 0 aliphatic heterocycles. The van der Waals surface area contributed by atoms with E-state index in [1.165, 1.54) is 30.8 Å². The molecule has 0 radical (unpaired) electrons. The Morgan fingerprint density at radius 2 is 1.64 bits per heavy atom. The van der Waals surface area contributed by atoms with Crippen LogP contribution >= 0.6 is 11.8 Å². The second-order valence-electron chi connectivity index (χ2n) is 5.91. The lowest BCUT2D eigenvalue weighted by atomic mass is 10.2. The number of H-pyrrole nitrogens is 2. The quantitative estimate of drug-likeness (QED) is 0.530. The minimum absolute atomic E-state index is 0.0476. The fraction of sp³-hybridized carbons (Fsp3) is 0.111. The first-order chi connectivity index (χ1) is 13.2. The van der Waals surface area contributed by atoms with Gasteiger partial charge in [0.2, 0.25) is 0 Å². The van der Waals surface area contributed by atoms with Gasteiger partial charge in [0.05, 0.1) is 0 Å². The molecule has 0 atom stereocenters. The maximum Gasteiger partial charge on any atom is 0.325 e. The van der Waals surface area contributed by atoms with Crippen LogP contribution < -0.4 is 16.0 Å². The smallest absolute Gasteiger partial charge is 0.310 e. The van der Waals surface area contributed by atoms with Gasteiger partial charge in [-0.1, -0.05) is 12.1 Å². The molecule has 0 bridgehead atoms. The molecule has 28 heavy (non-hydrogen) atoms. The number of halogens is 1. The fourth-order valence-electron chi connectivity index (χ4n) is 2.48. The molecular weight excluding hydrogens is 405 g/mol. The molecule has 1 aromatic heterocycles. The van der Waals surface area contributed by atoms with Crippen molar-refractivity contribution >= 4 is 27.5 Å². The summed E-state index contributed by atoms with van der Waals surface area (Å²) in [7, 11) is -4.17. The van der Waals surface area contributed by atoms with Crippen molar-refractivity contribution in [2.75, 3.05) is 4.72 Å². The molecule has 10 heteroatoms. The topological polar surface area (TPSA) is 112 Å². The van der Waals surface area contributed by atoms with Gasteiger partial charge in [0.15, 0.2) is 4.90 Å². The summed E-state index contributed by atoms with van der Waals surface area (Å²) in [5.74, 6) is 0.328. The number of hydrogen-bond donors (Lipinski definition) is 3. The van der Waals surface area contributed by atoms with E-state index < -0.39 is 26.2 Å². The first-order valence-electron chi connectivity index (χ1n) is 8.08. The lowest BCUT2D eigenvalue weighted by molar-refractivity contribution is 0.598. The number of aromatic amines is 2. The SMILES string of the molecule is Cc1[nH]c(=O)[nH]c(=O)c1S(=O)(=O)Nc1ccc(CSc2ccc(F)cc2)cc1.